The average molecular weight is 600 g/mol. The van der Waals surface area contributed by atoms with Crippen LogP contribution in [0.3, 0.4) is 0 Å². The third-order valence-electron chi connectivity index (χ3n) is 18.5. The molecule has 1 heterocycles. The molecule has 0 aromatic heterocycles. The molecule has 246 valence electrons. The zero-order valence-corrected chi connectivity index (χ0v) is 28.6. The number of hydrogen-bond donors (Lipinski definition) is 0. The minimum absolute atomic E-state index is 0.974. The molecular formula is C43H69N. The number of likely N-dealkylation sites (tertiary alicyclic amines) is 1. The van der Waals surface area contributed by atoms with E-state index in [1.807, 2.05) is 0 Å². The third kappa shape index (κ3) is 4.37. The van der Waals surface area contributed by atoms with Gasteiger partial charge in [-0.3, -0.25) is 0 Å². The molecule has 15 atom stereocenters. The largest absolute Gasteiger partial charge is 0.300 e. The molecule has 1 saturated heterocycles. The molecule has 9 saturated carbocycles. The number of hydrogen-bond acceptors (Lipinski definition) is 1. The summed E-state index contributed by atoms with van der Waals surface area (Å²) >= 11 is 0. The maximum Gasteiger partial charge on any atom is 0.0126 e. The maximum atomic E-state index is 3.09. The van der Waals surface area contributed by atoms with Crippen LogP contribution < -0.4 is 0 Å². The number of piperidine rings is 1. The van der Waals surface area contributed by atoms with Gasteiger partial charge in [0.1, 0.15) is 0 Å². The summed E-state index contributed by atoms with van der Waals surface area (Å²) in [5.41, 5.74) is 0. The Kier molecular flexibility index (Phi) is 7.78. The van der Waals surface area contributed by atoms with Gasteiger partial charge in [0, 0.05) is 6.04 Å². The lowest BCUT2D eigenvalue weighted by atomic mass is 9.47. The van der Waals surface area contributed by atoms with E-state index in [0.717, 1.165) is 83.0 Å². The second kappa shape index (κ2) is 11.8. The second-order valence-electron chi connectivity index (χ2n) is 19.5. The SMILES string of the molecule is C1CCC(C2C3C4CCCC5CCCC(C54)C3C(C3CCCCC3)C3C4CCC(N5CCCCC5)C5CCCC(C45)C23)CC1. The Morgan fingerprint density at radius 3 is 1.23 bits per heavy atom. The van der Waals surface area contributed by atoms with Crippen molar-refractivity contribution in [3.05, 3.63) is 0 Å². The molecule has 1 heteroatoms. The van der Waals surface area contributed by atoms with Gasteiger partial charge in [0.15, 0.2) is 0 Å². The maximum absolute atomic E-state index is 3.09. The van der Waals surface area contributed by atoms with Crippen LogP contribution in [0.1, 0.15) is 154 Å². The van der Waals surface area contributed by atoms with Crippen molar-refractivity contribution in [2.24, 2.45) is 94.7 Å². The van der Waals surface area contributed by atoms with Gasteiger partial charge in [-0.25, -0.2) is 0 Å². The van der Waals surface area contributed by atoms with Gasteiger partial charge in [-0.15, -0.1) is 0 Å². The normalized spacial score (nSPS) is 54.7. The fourth-order valence-corrected chi connectivity index (χ4v) is 17.9. The monoisotopic (exact) mass is 600 g/mol. The van der Waals surface area contributed by atoms with Gasteiger partial charge >= 0.3 is 0 Å². The van der Waals surface area contributed by atoms with E-state index < -0.39 is 0 Å². The van der Waals surface area contributed by atoms with Crippen LogP contribution in [-0.4, -0.2) is 24.0 Å². The molecule has 10 aliphatic rings. The standard InChI is InChI=1S/C43H69N/c1-4-13-28(14-5-1)37-40-31-20-10-17-27-18-11-21-32(36(27)31)41(40)38(29-15-6-2-7-16-29)43-34-23-24-35(44-25-8-3-9-26-44)30-19-12-22-33(39(30)34)42(37)43/h27-43H,1-26H2. The smallest absolute Gasteiger partial charge is 0.0126 e. The molecule has 0 aromatic rings. The Bertz CT molecular complexity index is 946. The fraction of sp³-hybridized carbons (Fsp3) is 1.00. The molecule has 0 radical (unpaired) electrons. The van der Waals surface area contributed by atoms with Gasteiger partial charge < -0.3 is 4.90 Å². The highest BCUT2D eigenvalue weighted by atomic mass is 15.2. The van der Waals surface area contributed by atoms with Crippen LogP contribution >= 0.6 is 0 Å². The van der Waals surface area contributed by atoms with Gasteiger partial charge in [-0.05, 0) is 159 Å². The topological polar surface area (TPSA) is 3.24 Å². The van der Waals surface area contributed by atoms with Crippen LogP contribution in [0.4, 0.5) is 0 Å². The molecule has 15 unspecified atom stereocenters. The lowest BCUT2D eigenvalue weighted by molar-refractivity contribution is -0.102. The van der Waals surface area contributed by atoms with E-state index in [4.69, 9.17) is 0 Å². The molecule has 44 heavy (non-hydrogen) atoms. The van der Waals surface area contributed by atoms with Crippen molar-refractivity contribution >= 4 is 0 Å². The molecule has 10 rings (SSSR count). The van der Waals surface area contributed by atoms with Crippen molar-refractivity contribution in [1.29, 1.82) is 0 Å². The van der Waals surface area contributed by atoms with Crippen LogP contribution in [0, 0.1) is 94.7 Å². The number of fused-ring (bicyclic) bond motifs is 6. The third-order valence-corrected chi connectivity index (χ3v) is 18.5. The van der Waals surface area contributed by atoms with E-state index in [0.29, 0.717) is 0 Å². The van der Waals surface area contributed by atoms with E-state index in [2.05, 4.69) is 4.90 Å². The highest BCUT2D eigenvalue weighted by molar-refractivity contribution is 5.19. The van der Waals surface area contributed by atoms with E-state index in [1.165, 1.54) is 50.1 Å². The van der Waals surface area contributed by atoms with E-state index in [9.17, 15) is 0 Å². The van der Waals surface area contributed by atoms with Gasteiger partial charge in [0.25, 0.3) is 0 Å². The van der Waals surface area contributed by atoms with Crippen molar-refractivity contribution in [3.63, 3.8) is 0 Å². The highest BCUT2D eigenvalue weighted by Crippen LogP contribution is 2.76. The summed E-state index contributed by atoms with van der Waals surface area (Å²) in [6, 6.07) is 0.974. The van der Waals surface area contributed by atoms with E-state index in [-0.39, 0.29) is 0 Å². The van der Waals surface area contributed by atoms with Crippen molar-refractivity contribution < 1.29 is 0 Å². The minimum atomic E-state index is 0.974. The first-order valence-corrected chi connectivity index (χ1v) is 21.6. The predicted molar refractivity (Wildman–Crippen MR) is 182 cm³/mol. The first-order valence-electron chi connectivity index (χ1n) is 21.6. The van der Waals surface area contributed by atoms with E-state index >= 15 is 0 Å². The summed E-state index contributed by atoms with van der Waals surface area (Å²) in [6.07, 6.45) is 38.4. The average Bonchev–Trinajstić information content (AvgIpc) is 3.61. The molecule has 1 nitrogen and oxygen atoms in total. The van der Waals surface area contributed by atoms with Gasteiger partial charge in [0.05, 0.1) is 0 Å². The lowest BCUT2D eigenvalue weighted by Crippen LogP contribution is -2.53. The Balaban J connectivity index is 1.10. The first kappa shape index (κ1) is 28.9. The minimum Gasteiger partial charge on any atom is -0.300 e. The molecule has 1 aliphatic heterocycles. The number of rotatable bonds is 3. The van der Waals surface area contributed by atoms with Crippen molar-refractivity contribution in [2.75, 3.05) is 13.1 Å². The van der Waals surface area contributed by atoms with Crippen LogP contribution in [0.25, 0.3) is 0 Å². The van der Waals surface area contributed by atoms with Crippen molar-refractivity contribution in [1.82, 2.24) is 4.90 Å². The first-order chi connectivity index (χ1) is 21.9. The van der Waals surface area contributed by atoms with Crippen LogP contribution in [0.15, 0.2) is 0 Å². The Morgan fingerprint density at radius 1 is 0.250 bits per heavy atom. The second-order valence-corrected chi connectivity index (χ2v) is 19.5. The molecule has 0 amide bonds. The molecule has 10 fully saturated rings. The van der Waals surface area contributed by atoms with Gasteiger partial charge in [-0.2, -0.15) is 0 Å². The van der Waals surface area contributed by atoms with Crippen LogP contribution in [-0.2, 0) is 0 Å². The number of nitrogens with zero attached hydrogens (tertiary/aromatic N) is 1. The summed E-state index contributed by atoms with van der Waals surface area (Å²) in [4.78, 5) is 3.09. The van der Waals surface area contributed by atoms with Crippen LogP contribution in [0.5, 0.6) is 0 Å². The summed E-state index contributed by atoms with van der Waals surface area (Å²) in [5, 5.41) is 0. The summed E-state index contributed by atoms with van der Waals surface area (Å²) in [6.45, 7) is 2.89. The van der Waals surface area contributed by atoms with Gasteiger partial charge in [-0.1, -0.05) is 103 Å². The quantitative estimate of drug-likeness (QED) is 0.312. The molecule has 0 bridgehead atoms. The van der Waals surface area contributed by atoms with E-state index in [1.54, 1.807) is 135 Å². The fourth-order valence-electron chi connectivity index (χ4n) is 17.9. The molecule has 0 N–H and O–H groups in total. The predicted octanol–water partition coefficient (Wildman–Crippen LogP) is 11.0. The lowest BCUT2D eigenvalue weighted by Gasteiger charge is -2.58. The zero-order chi connectivity index (χ0) is 28.8. The zero-order valence-electron chi connectivity index (χ0n) is 28.6. The Morgan fingerprint density at radius 2 is 0.659 bits per heavy atom. The van der Waals surface area contributed by atoms with Crippen LogP contribution in [0.2, 0.25) is 0 Å². The highest BCUT2D eigenvalue weighted by Gasteiger charge is 2.71. The summed E-state index contributed by atoms with van der Waals surface area (Å²) < 4.78 is 0. The summed E-state index contributed by atoms with van der Waals surface area (Å²) in [7, 11) is 0. The molecule has 9 aliphatic carbocycles. The van der Waals surface area contributed by atoms with Gasteiger partial charge in [0.2, 0.25) is 0 Å². The molecule has 0 spiro atoms. The Hall–Kier alpha value is -0.0400. The Labute approximate surface area is 272 Å². The molecular weight excluding hydrogens is 530 g/mol. The van der Waals surface area contributed by atoms with Crippen molar-refractivity contribution in [2.45, 2.75) is 160 Å². The van der Waals surface area contributed by atoms with Crippen molar-refractivity contribution in [3.8, 4) is 0 Å². The molecule has 0 aromatic carbocycles. The summed E-state index contributed by atoms with van der Waals surface area (Å²) in [5.74, 6) is 18.3.